The number of thioether (sulfide) groups is 1. The lowest BCUT2D eigenvalue weighted by Crippen LogP contribution is -2.19. The van der Waals surface area contributed by atoms with E-state index in [-0.39, 0.29) is 5.91 Å². The number of hydrazone groups is 1. The molecule has 0 radical (unpaired) electrons. The van der Waals surface area contributed by atoms with Crippen molar-refractivity contribution in [3.63, 3.8) is 0 Å². The van der Waals surface area contributed by atoms with Gasteiger partial charge in [0.2, 0.25) is 5.91 Å². The van der Waals surface area contributed by atoms with Crippen molar-refractivity contribution in [3.8, 4) is 5.69 Å². The standard InChI is InChI=1S/C22H20BrCl2N3OS/c1-14-9-17(15(2)28(14)20-8-4-7-19(24)22(20)25)11-26-27-21(29)13-30-12-16-5-3-6-18(23)10-16/h3-11H,12-13H2,1-2H3,(H,27,29)/b26-11+. The van der Waals surface area contributed by atoms with Crippen molar-refractivity contribution in [1.82, 2.24) is 9.99 Å². The largest absolute Gasteiger partial charge is 0.316 e. The maximum Gasteiger partial charge on any atom is 0.250 e. The molecule has 0 fully saturated rings. The molecule has 4 nitrogen and oxygen atoms in total. The fourth-order valence-electron chi connectivity index (χ4n) is 3.05. The van der Waals surface area contributed by atoms with Crippen LogP contribution in [0.4, 0.5) is 0 Å². The zero-order valence-electron chi connectivity index (χ0n) is 16.5. The fourth-order valence-corrected chi connectivity index (χ4v) is 4.64. The average Bonchev–Trinajstić information content (AvgIpc) is 2.98. The maximum atomic E-state index is 12.1. The number of nitrogens with one attached hydrogen (secondary N) is 1. The van der Waals surface area contributed by atoms with E-state index in [1.54, 1.807) is 24.0 Å². The Bertz CT molecular complexity index is 1100. The first-order chi connectivity index (χ1) is 14.4. The lowest BCUT2D eigenvalue weighted by Gasteiger charge is -2.12. The third kappa shape index (κ3) is 5.70. The van der Waals surface area contributed by atoms with Gasteiger partial charge in [-0.2, -0.15) is 5.10 Å². The smallest absolute Gasteiger partial charge is 0.250 e. The second-order valence-corrected chi connectivity index (χ2v) is 9.34. The first kappa shape index (κ1) is 22.9. The molecule has 8 heteroatoms. The van der Waals surface area contributed by atoms with Crippen molar-refractivity contribution in [1.29, 1.82) is 0 Å². The number of halogens is 3. The highest BCUT2D eigenvalue weighted by molar-refractivity contribution is 9.10. The lowest BCUT2D eigenvalue weighted by molar-refractivity contribution is -0.118. The van der Waals surface area contributed by atoms with Crippen LogP contribution in [0.5, 0.6) is 0 Å². The van der Waals surface area contributed by atoms with E-state index in [0.717, 1.165) is 38.4 Å². The van der Waals surface area contributed by atoms with Crippen molar-refractivity contribution in [2.24, 2.45) is 5.10 Å². The van der Waals surface area contributed by atoms with Gasteiger partial charge in [0.15, 0.2) is 0 Å². The van der Waals surface area contributed by atoms with E-state index in [1.165, 1.54) is 0 Å². The van der Waals surface area contributed by atoms with E-state index >= 15 is 0 Å². The molecule has 0 unspecified atom stereocenters. The van der Waals surface area contributed by atoms with E-state index in [4.69, 9.17) is 23.2 Å². The zero-order valence-corrected chi connectivity index (χ0v) is 20.4. The Morgan fingerprint density at radius 2 is 1.97 bits per heavy atom. The Kier molecular flexibility index (Phi) is 8.06. The fraction of sp³-hybridized carbons (Fsp3) is 0.182. The average molecular weight is 525 g/mol. The Balaban J connectivity index is 1.60. The normalized spacial score (nSPS) is 11.2. The van der Waals surface area contributed by atoms with Crippen LogP contribution in [0.2, 0.25) is 10.0 Å². The molecule has 0 bridgehead atoms. The first-order valence-corrected chi connectivity index (χ1v) is 11.8. The molecule has 3 aromatic rings. The van der Waals surface area contributed by atoms with Crippen LogP contribution in [0, 0.1) is 13.8 Å². The van der Waals surface area contributed by atoms with Gasteiger partial charge in [-0.05, 0) is 49.7 Å². The van der Waals surface area contributed by atoms with Crippen LogP contribution in [-0.4, -0.2) is 22.4 Å². The Morgan fingerprint density at radius 3 is 2.73 bits per heavy atom. The number of hydrogen-bond donors (Lipinski definition) is 1. The van der Waals surface area contributed by atoms with Gasteiger partial charge in [0, 0.05) is 27.2 Å². The van der Waals surface area contributed by atoms with Crippen molar-refractivity contribution < 1.29 is 4.79 Å². The summed E-state index contributed by atoms with van der Waals surface area (Å²) in [5.41, 5.74) is 7.41. The molecular formula is C22H20BrCl2N3OS. The predicted molar refractivity (Wildman–Crippen MR) is 131 cm³/mol. The van der Waals surface area contributed by atoms with Gasteiger partial charge in [-0.25, -0.2) is 5.43 Å². The number of benzene rings is 2. The van der Waals surface area contributed by atoms with Crippen LogP contribution < -0.4 is 5.43 Å². The summed E-state index contributed by atoms with van der Waals surface area (Å²) >= 11 is 17.5. The summed E-state index contributed by atoms with van der Waals surface area (Å²) < 4.78 is 3.05. The molecule has 0 atom stereocenters. The zero-order chi connectivity index (χ0) is 21.7. The van der Waals surface area contributed by atoms with Gasteiger partial charge in [-0.1, -0.05) is 57.3 Å². The van der Waals surface area contributed by atoms with Crippen LogP contribution >= 0.6 is 50.9 Å². The summed E-state index contributed by atoms with van der Waals surface area (Å²) in [7, 11) is 0. The van der Waals surface area contributed by atoms with E-state index in [2.05, 4.69) is 26.5 Å². The minimum Gasteiger partial charge on any atom is -0.316 e. The Morgan fingerprint density at radius 1 is 1.20 bits per heavy atom. The number of amides is 1. The van der Waals surface area contributed by atoms with Gasteiger partial charge >= 0.3 is 0 Å². The van der Waals surface area contributed by atoms with E-state index < -0.39 is 0 Å². The van der Waals surface area contributed by atoms with Crippen molar-refractivity contribution in [2.75, 3.05) is 5.75 Å². The molecule has 2 aromatic carbocycles. The molecule has 0 aliphatic heterocycles. The third-order valence-electron chi connectivity index (χ3n) is 4.43. The van der Waals surface area contributed by atoms with Gasteiger partial charge in [0.05, 0.1) is 27.7 Å². The Labute approximate surface area is 198 Å². The van der Waals surface area contributed by atoms with Crippen LogP contribution in [0.3, 0.4) is 0 Å². The molecule has 156 valence electrons. The molecule has 0 aliphatic rings. The number of nitrogens with zero attached hydrogens (tertiary/aromatic N) is 2. The molecule has 1 heterocycles. The van der Waals surface area contributed by atoms with Crippen LogP contribution in [0.1, 0.15) is 22.5 Å². The number of carbonyl (C=O) groups is 1. The minimum atomic E-state index is -0.141. The molecule has 3 rings (SSSR count). The van der Waals surface area contributed by atoms with E-state index in [9.17, 15) is 4.79 Å². The molecule has 0 aliphatic carbocycles. The quantitative estimate of drug-likeness (QED) is 0.281. The Hall–Kier alpha value is -1.73. The highest BCUT2D eigenvalue weighted by Crippen LogP contribution is 2.31. The molecule has 0 saturated heterocycles. The van der Waals surface area contributed by atoms with Gasteiger partial charge in [-0.3, -0.25) is 4.79 Å². The third-order valence-corrected chi connectivity index (χ3v) is 6.73. The topological polar surface area (TPSA) is 46.4 Å². The van der Waals surface area contributed by atoms with Crippen molar-refractivity contribution >= 4 is 63.0 Å². The number of rotatable bonds is 7. The van der Waals surface area contributed by atoms with Gasteiger partial charge < -0.3 is 4.57 Å². The highest BCUT2D eigenvalue weighted by atomic mass is 79.9. The van der Waals surface area contributed by atoms with Crippen LogP contribution in [0.25, 0.3) is 5.69 Å². The summed E-state index contributed by atoms with van der Waals surface area (Å²) in [6.07, 6.45) is 1.65. The number of carbonyl (C=O) groups excluding carboxylic acids is 1. The first-order valence-electron chi connectivity index (χ1n) is 9.14. The van der Waals surface area contributed by atoms with Gasteiger partial charge in [0.25, 0.3) is 0 Å². The molecule has 0 spiro atoms. The van der Waals surface area contributed by atoms with E-state index in [0.29, 0.717) is 15.8 Å². The summed E-state index contributed by atoms with van der Waals surface area (Å²) in [5, 5.41) is 5.12. The second-order valence-electron chi connectivity index (χ2n) is 6.65. The second kappa shape index (κ2) is 10.5. The molecule has 1 aromatic heterocycles. The van der Waals surface area contributed by atoms with E-state index in [1.807, 2.05) is 60.9 Å². The van der Waals surface area contributed by atoms with Crippen molar-refractivity contribution in [2.45, 2.75) is 19.6 Å². The summed E-state index contributed by atoms with van der Waals surface area (Å²) in [6.45, 7) is 3.96. The lowest BCUT2D eigenvalue weighted by atomic mass is 10.2. The summed E-state index contributed by atoms with van der Waals surface area (Å²) in [6, 6.07) is 15.6. The summed E-state index contributed by atoms with van der Waals surface area (Å²) in [5.74, 6) is 0.956. The van der Waals surface area contributed by atoms with Crippen molar-refractivity contribution in [3.05, 3.63) is 85.6 Å². The molecule has 1 N–H and O–H groups in total. The number of hydrogen-bond acceptors (Lipinski definition) is 3. The van der Waals surface area contributed by atoms with Crippen LogP contribution in [0.15, 0.2) is 58.1 Å². The molecule has 0 saturated carbocycles. The molecular weight excluding hydrogens is 505 g/mol. The molecule has 30 heavy (non-hydrogen) atoms. The monoisotopic (exact) mass is 523 g/mol. The summed E-state index contributed by atoms with van der Waals surface area (Å²) in [4.78, 5) is 12.1. The minimum absolute atomic E-state index is 0.141. The van der Waals surface area contributed by atoms with Crippen LogP contribution in [-0.2, 0) is 10.5 Å². The predicted octanol–water partition coefficient (Wildman–Crippen LogP) is 6.55. The SMILES string of the molecule is Cc1cc(/C=N/NC(=O)CSCc2cccc(Br)c2)c(C)n1-c1cccc(Cl)c1Cl. The van der Waals surface area contributed by atoms with Gasteiger partial charge in [0.1, 0.15) is 0 Å². The number of aromatic nitrogens is 1. The molecule has 1 amide bonds. The van der Waals surface area contributed by atoms with Gasteiger partial charge in [-0.15, -0.1) is 11.8 Å². The highest BCUT2D eigenvalue weighted by Gasteiger charge is 2.13. The maximum absolute atomic E-state index is 12.1. The number of aryl methyl sites for hydroxylation is 1.